The quantitative estimate of drug-likeness (QED) is 0.764. The molecule has 0 fully saturated rings. The van der Waals surface area contributed by atoms with Crippen molar-refractivity contribution in [3.63, 3.8) is 0 Å². The first-order valence-electron chi connectivity index (χ1n) is 6.62. The van der Waals surface area contributed by atoms with E-state index in [9.17, 15) is 0 Å². The van der Waals surface area contributed by atoms with Crippen LogP contribution in [0.4, 0.5) is 5.95 Å². The molecule has 0 atom stereocenters. The molecule has 5 nitrogen and oxygen atoms in total. The molecule has 2 N–H and O–H groups in total. The van der Waals surface area contributed by atoms with Crippen LogP contribution in [0.5, 0.6) is 5.88 Å². The molecule has 0 bridgehead atoms. The van der Waals surface area contributed by atoms with Crippen molar-refractivity contribution in [2.45, 2.75) is 39.7 Å². The molecular formula is C13H24N4O. The van der Waals surface area contributed by atoms with Gasteiger partial charge in [0.15, 0.2) is 0 Å². The van der Waals surface area contributed by atoms with E-state index in [1.807, 2.05) is 13.8 Å². The predicted octanol–water partition coefficient (Wildman–Crippen LogP) is 1.83. The Labute approximate surface area is 109 Å². The molecule has 0 saturated carbocycles. The first-order chi connectivity index (χ1) is 8.67. The maximum absolute atomic E-state index is 5.59. The zero-order valence-corrected chi connectivity index (χ0v) is 11.6. The third-order valence-electron chi connectivity index (χ3n) is 2.38. The summed E-state index contributed by atoms with van der Waals surface area (Å²) >= 11 is 0. The van der Waals surface area contributed by atoms with Gasteiger partial charge in [-0.25, -0.2) is 4.98 Å². The second kappa shape index (κ2) is 7.87. The second-order valence-electron chi connectivity index (χ2n) is 4.49. The van der Waals surface area contributed by atoms with Gasteiger partial charge in [0.05, 0.1) is 6.10 Å². The van der Waals surface area contributed by atoms with Gasteiger partial charge < -0.3 is 15.4 Å². The van der Waals surface area contributed by atoms with E-state index in [2.05, 4.69) is 21.8 Å². The van der Waals surface area contributed by atoms with Crippen molar-refractivity contribution in [2.24, 2.45) is 5.73 Å². The van der Waals surface area contributed by atoms with Crippen LogP contribution in [0.15, 0.2) is 12.3 Å². The van der Waals surface area contributed by atoms with Gasteiger partial charge in [-0.2, -0.15) is 4.98 Å². The summed E-state index contributed by atoms with van der Waals surface area (Å²) in [5.74, 6) is 1.35. The van der Waals surface area contributed by atoms with Crippen LogP contribution in [0.3, 0.4) is 0 Å². The molecule has 0 unspecified atom stereocenters. The molecule has 0 aliphatic carbocycles. The lowest BCUT2D eigenvalue weighted by atomic mass is 10.3. The number of nitrogens with two attached hydrogens (primary N) is 1. The fourth-order valence-electron chi connectivity index (χ4n) is 1.66. The van der Waals surface area contributed by atoms with E-state index in [-0.39, 0.29) is 6.10 Å². The van der Waals surface area contributed by atoms with E-state index >= 15 is 0 Å². The molecule has 0 saturated heterocycles. The summed E-state index contributed by atoms with van der Waals surface area (Å²) < 4.78 is 5.59. The summed E-state index contributed by atoms with van der Waals surface area (Å²) in [5, 5.41) is 0. The molecule has 1 heterocycles. The molecular weight excluding hydrogens is 228 g/mol. The van der Waals surface area contributed by atoms with Crippen molar-refractivity contribution in [3.8, 4) is 5.88 Å². The highest BCUT2D eigenvalue weighted by Crippen LogP contribution is 2.14. The Morgan fingerprint density at radius 2 is 2.17 bits per heavy atom. The van der Waals surface area contributed by atoms with Crippen LogP contribution in [0, 0.1) is 0 Å². The van der Waals surface area contributed by atoms with Crippen LogP contribution in [0.25, 0.3) is 0 Å². The van der Waals surface area contributed by atoms with Gasteiger partial charge in [0.1, 0.15) is 0 Å². The first-order valence-corrected chi connectivity index (χ1v) is 6.62. The van der Waals surface area contributed by atoms with Gasteiger partial charge in [-0.3, -0.25) is 0 Å². The van der Waals surface area contributed by atoms with Gasteiger partial charge in [0.25, 0.3) is 0 Å². The van der Waals surface area contributed by atoms with Crippen LogP contribution in [-0.4, -0.2) is 35.7 Å². The third kappa shape index (κ3) is 4.87. The minimum absolute atomic E-state index is 0.122. The van der Waals surface area contributed by atoms with E-state index in [0.717, 1.165) is 31.9 Å². The fourth-order valence-corrected chi connectivity index (χ4v) is 1.66. The van der Waals surface area contributed by atoms with Gasteiger partial charge in [-0.1, -0.05) is 6.92 Å². The summed E-state index contributed by atoms with van der Waals surface area (Å²) in [6.45, 7) is 8.62. The maximum atomic E-state index is 5.59. The molecule has 0 amide bonds. The summed E-state index contributed by atoms with van der Waals surface area (Å²) in [6.07, 6.45) is 3.86. The molecule has 0 radical (unpaired) electrons. The number of rotatable bonds is 8. The number of nitrogens with zero attached hydrogens (tertiary/aromatic N) is 3. The standard InChI is InChI=1S/C13H24N4O/c1-4-9-17(10-5-7-14)13-15-8-6-12(16-13)18-11(2)3/h6,8,11H,4-5,7,9-10,14H2,1-3H3. The van der Waals surface area contributed by atoms with Crippen LogP contribution in [-0.2, 0) is 0 Å². The number of anilines is 1. The minimum atomic E-state index is 0.122. The summed E-state index contributed by atoms with van der Waals surface area (Å²) in [4.78, 5) is 10.9. The van der Waals surface area contributed by atoms with E-state index in [4.69, 9.17) is 10.5 Å². The van der Waals surface area contributed by atoms with Crippen LogP contribution in [0.2, 0.25) is 0 Å². The average Bonchev–Trinajstić information content (AvgIpc) is 2.34. The Bertz CT molecular complexity index is 344. The lowest BCUT2D eigenvalue weighted by molar-refractivity contribution is 0.232. The normalized spacial score (nSPS) is 10.7. The molecule has 0 aliphatic rings. The smallest absolute Gasteiger partial charge is 0.228 e. The monoisotopic (exact) mass is 252 g/mol. The minimum Gasteiger partial charge on any atom is -0.475 e. The molecule has 1 rings (SSSR count). The summed E-state index contributed by atoms with van der Waals surface area (Å²) in [6, 6.07) is 1.79. The Morgan fingerprint density at radius 3 is 2.78 bits per heavy atom. The van der Waals surface area contributed by atoms with Gasteiger partial charge in [-0.05, 0) is 33.2 Å². The van der Waals surface area contributed by atoms with E-state index in [0.29, 0.717) is 12.4 Å². The molecule has 0 aromatic carbocycles. The van der Waals surface area contributed by atoms with Gasteiger partial charge >= 0.3 is 0 Å². The highest BCUT2D eigenvalue weighted by Gasteiger charge is 2.09. The Kier molecular flexibility index (Phi) is 6.43. The Balaban J connectivity index is 2.76. The highest BCUT2D eigenvalue weighted by atomic mass is 16.5. The Morgan fingerprint density at radius 1 is 1.39 bits per heavy atom. The average molecular weight is 252 g/mol. The van der Waals surface area contributed by atoms with Crippen molar-refractivity contribution in [3.05, 3.63) is 12.3 Å². The third-order valence-corrected chi connectivity index (χ3v) is 2.38. The van der Waals surface area contributed by atoms with Crippen LogP contribution < -0.4 is 15.4 Å². The number of ether oxygens (including phenoxy) is 1. The van der Waals surface area contributed by atoms with E-state index < -0.39 is 0 Å². The van der Waals surface area contributed by atoms with Gasteiger partial charge in [-0.15, -0.1) is 0 Å². The number of aromatic nitrogens is 2. The summed E-state index contributed by atoms with van der Waals surface area (Å²) in [7, 11) is 0. The fraction of sp³-hybridized carbons (Fsp3) is 0.692. The Hall–Kier alpha value is -1.36. The lowest BCUT2D eigenvalue weighted by Gasteiger charge is -2.22. The SMILES string of the molecule is CCCN(CCCN)c1nccc(OC(C)C)n1. The maximum Gasteiger partial charge on any atom is 0.228 e. The zero-order chi connectivity index (χ0) is 13.4. The van der Waals surface area contributed by atoms with E-state index in [1.165, 1.54) is 0 Å². The topological polar surface area (TPSA) is 64.3 Å². The largest absolute Gasteiger partial charge is 0.475 e. The molecule has 5 heteroatoms. The van der Waals surface area contributed by atoms with Crippen LogP contribution in [0.1, 0.15) is 33.6 Å². The number of hydrogen-bond acceptors (Lipinski definition) is 5. The van der Waals surface area contributed by atoms with Crippen molar-refractivity contribution >= 4 is 5.95 Å². The first kappa shape index (κ1) is 14.7. The molecule has 102 valence electrons. The second-order valence-corrected chi connectivity index (χ2v) is 4.49. The molecule has 0 spiro atoms. The van der Waals surface area contributed by atoms with Crippen molar-refractivity contribution in [1.82, 2.24) is 9.97 Å². The molecule has 18 heavy (non-hydrogen) atoms. The zero-order valence-electron chi connectivity index (χ0n) is 11.6. The van der Waals surface area contributed by atoms with Gasteiger partial charge in [0, 0.05) is 25.4 Å². The van der Waals surface area contributed by atoms with Gasteiger partial charge in [0.2, 0.25) is 11.8 Å². The highest BCUT2D eigenvalue weighted by molar-refractivity contribution is 5.31. The molecule has 0 aliphatic heterocycles. The van der Waals surface area contributed by atoms with E-state index in [1.54, 1.807) is 12.3 Å². The lowest BCUT2D eigenvalue weighted by Crippen LogP contribution is -2.28. The summed E-state index contributed by atoms with van der Waals surface area (Å²) in [5.41, 5.74) is 5.55. The van der Waals surface area contributed by atoms with Crippen molar-refractivity contribution in [1.29, 1.82) is 0 Å². The van der Waals surface area contributed by atoms with Crippen molar-refractivity contribution in [2.75, 3.05) is 24.5 Å². The van der Waals surface area contributed by atoms with Crippen molar-refractivity contribution < 1.29 is 4.74 Å². The van der Waals surface area contributed by atoms with Crippen LogP contribution >= 0.6 is 0 Å². The predicted molar refractivity (Wildman–Crippen MR) is 74.0 cm³/mol. The number of hydrogen-bond donors (Lipinski definition) is 1. The molecule has 1 aromatic rings. The molecule has 1 aromatic heterocycles.